The zero-order chi connectivity index (χ0) is 22.6. The average Bonchev–Trinajstić information content (AvgIpc) is 2.77. The maximum Gasteiger partial charge on any atom is 0.111 e. The van der Waals surface area contributed by atoms with E-state index in [4.69, 9.17) is 9.47 Å². The van der Waals surface area contributed by atoms with Gasteiger partial charge in [0.2, 0.25) is 0 Å². The van der Waals surface area contributed by atoms with Crippen molar-refractivity contribution in [2.45, 2.75) is 134 Å². The van der Waals surface area contributed by atoms with Gasteiger partial charge in [-0.3, -0.25) is 0 Å². The zero-order valence-corrected chi connectivity index (χ0v) is 20.1. The number of ether oxygens (including phenoxy) is 2. The van der Waals surface area contributed by atoms with Crippen LogP contribution < -0.4 is 0 Å². The first-order valence-electron chi connectivity index (χ1n) is 13.0. The van der Waals surface area contributed by atoms with E-state index in [1.165, 1.54) is 96.3 Å². The molecule has 1 aliphatic rings. The molecule has 5 nitrogen and oxygen atoms in total. The predicted octanol–water partition coefficient (Wildman–Crippen LogP) is 5.30. The van der Waals surface area contributed by atoms with Gasteiger partial charge < -0.3 is 24.8 Å². The van der Waals surface area contributed by atoms with Crippen molar-refractivity contribution in [3.63, 3.8) is 0 Å². The van der Waals surface area contributed by atoms with Gasteiger partial charge >= 0.3 is 0 Å². The second-order valence-electron chi connectivity index (χ2n) is 9.16. The van der Waals surface area contributed by atoms with E-state index in [0.717, 1.165) is 6.42 Å². The lowest BCUT2D eigenvalue weighted by atomic mass is 10.0. The Kier molecular flexibility index (Phi) is 18.6. The van der Waals surface area contributed by atoms with Crippen LogP contribution in [0, 0.1) is 0 Å². The Morgan fingerprint density at radius 1 is 0.710 bits per heavy atom. The van der Waals surface area contributed by atoms with Gasteiger partial charge in [0, 0.05) is 6.61 Å². The molecule has 31 heavy (non-hydrogen) atoms. The molecular formula is C26H50O5. The van der Waals surface area contributed by atoms with Crippen LogP contribution in [-0.2, 0) is 9.47 Å². The summed E-state index contributed by atoms with van der Waals surface area (Å²) in [4.78, 5) is 0. The lowest BCUT2D eigenvalue weighted by Gasteiger charge is -2.35. The van der Waals surface area contributed by atoms with Crippen LogP contribution in [0.15, 0.2) is 12.2 Å². The fourth-order valence-electron chi connectivity index (χ4n) is 4.14. The van der Waals surface area contributed by atoms with Crippen LogP contribution in [0.4, 0.5) is 0 Å². The summed E-state index contributed by atoms with van der Waals surface area (Å²) in [7, 11) is 0. The topological polar surface area (TPSA) is 79.2 Å². The van der Waals surface area contributed by atoms with Crippen LogP contribution in [0.25, 0.3) is 0 Å². The summed E-state index contributed by atoms with van der Waals surface area (Å²) in [5, 5.41) is 28.9. The van der Waals surface area contributed by atoms with Gasteiger partial charge in [0.1, 0.15) is 24.4 Å². The highest BCUT2D eigenvalue weighted by Crippen LogP contribution is 2.16. The van der Waals surface area contributed by atoms with Gasteiger partial charge in [0.05, 0.1) is 13.2 Å². The summed E-state index contributed by atoms with van der Waals surface area (Å²) in [6, 6.07) is 0. The third-order valence-electron chi connectivity index (χ3n) is 6.28. The van der Waals surface area contributed by atoms with E-state index in [-0.39, 0.29) is 13.2 Å². The molecule has 1 heterocycles. The molecule has 4 atom stereocenters. The molecule has 0 saturated carbocycles. The van der Waals surface area contributed by atoms with E-state index in [1.54, 1.807) is 0 Å². The maximum atomic E-state index is 9.85. The Morgan fingerprint density at radius 2 is 1.19 bits per heavy atom. The largest absolute Gasteiger partial charge is 0.388 e. The molecule has 0 radical (unpaired) electrons. The maximum absolute atomic E-state index is 9.85. The Hall–Kier alpha value is -0.460. The van der Waals surface area contributed by atoms with E-state index in [1.807, 2.05) is 0 Å². The van der Waals surface area contributed by atoms with Crippen molar-refractivity contribution >= 4 is 0 Å². The van der Waals surface area contributed by atoms with Crippen molar-refractivity contribution in [1.29, 1.82) is 0 Å². The van der Waals surface area contributed by atoms with Crippen molar-refractivity contribution in [3.05, 3.63) is 12.2 Å². The van der Waals surface area contributed by atoms with Crippen LogP contribution >= 0.6 is 0 Å². The third kappa shape index (κ3) is 15.1. The second-order valence-corrected chi connectivity index (χ2v) is 9.16. The molecule has 1 rings (SSSR count). The molecule has 1 saturated heterocycles. The smallest absolute Gasteiger partial charge is 0.111 e. The minimum atomic E-state index is -1.15. The molecular weight excluding hydrogens is 392 g/mol. The van der Waals surface area contributed by atoms with Crippen molar-refractivity contribution in [1.82, 2.24) is 0 Å². The van der Waals surface area contributed by atoms with E-state index in [9.17, 15) is 15.3 Å². The molecule has 0 aliphatic carbocycles. The van der Waals surface area contributed by atoms with E-state index < -0.39 is 24.4 Å². The molecule has 0 unspecified atom stereocenters. The highest BCUT2D eigenvalue weighted by molar-refractivity contribution is 4.86. The number of hydrogen-bond donors (Lipinski definition) is 3. The summed E-state index contributed by atoms with van der Waals surface area (Å²) < 4.78 is 10.9. The van der Waals surface area contributed by atoms with Gasteiger partial charge in [-0.05, 0) is 26.2 Å². The number of aliphatic hydroxyl groups is 3. The Balaban J connectivity index is 1.74. The SMILES string of the molecule is C/C=C/CCCCCCCCCCCCCCCCCOC[C@@H]1OC[C@@H](O)[C@H](O)[C@H]1O. The summed E-state index contributed by atoms with van der Waals surface area (Å²) in [6.45, 7) is 3.06. The molecule has 0 bridgehead atoms. The quantitative estimate of drug-likeness (QED) is 0.176. The monoisotopic (exact) mass is 442 g/mol. The highest BCUT2D eigenvalue weighted by Gasteiger charge is 2.37. The van der Waals surface area contributed by atoms with E-state index in [2.05, 4.69) is 19.1 Å². The minimum absolute atomic E-state index is 0.0453. The molecule has 184 valence electrons. The lowest BCUT2D eigenvalue weighted by Crippen LogP contribution is -2.54. The number of rotatable bonds is 20. The van der Waals surface area contributed by atoms with Gasteiger partial charge in [-0.1, -0.05) is 95.6 Å². The first-order chi connectivity index (χ1) is 15.2. The molecule has 0 spiro atoms. The molecule has 0 aromatic heterocycles. The van der Waals surface area contributed by atoms with Gasteiger partial charge in [0.15, 0.2) is 0 Å². The fraction of sp³-hybridized carbons (Fsp3) is 0.923. The van der Waals surface area contributed by atoms with Gasteiger partial charge in [-0.15, -0.1) is 0 Å². The van der Waals surface area contributed by atoms with Crippen molar-refractivity contribution in [2.75, 3.05) is 19.8 Å². The molecule has 3 N–H and O–H groups in total. The summed E-state index contributed by atoms with van der Waals surface area (Å²) >= 11 is 0. The molecule has 0 amide bonds. The van der Waals surface area contributed by atoms with Crippen LogP contribution in [-0.4, -0.2) is 59.6 Å². The Bertz CT molecular complexity index is 415. The van der Waals surface area contributed by atoms with Gasteiger partial charge in [0.25, 0.3) is 0 Å². The summed E-state index contributed by atoms with van der Waals surface area (Å²) in [5.41, 5.74) is 0. The Labute approximate surface area is 191 Å². The normalized spacial score (nSPS) is 24.3. The first-order valence-corrected chi connectivity index (χ1v) is 13.0. The van der Waals surface area contributed by atoms with E-state index in [0.29, 0.717) is 6.61 Å². The number of allylic oxidation sites excluding steroid dienone is 2. The molecule has 0 aromatic carbocycles. The number of unbranched alkanes of at least 4 members (excludes halogenated alkanes) is 15. The average molecular weight is 443 g/mol. The zero-order valence-electron chi connectivity index (χ0n) is 20.1. The van der Waals surface area contributed by atoms with Gasteiger partial charge in [-0.2, -0.15) is 0 Å². The van der Waals surface area contributed by atoms with Gasteiger partial charge in [-0.25, -0.2) is 0 Å². The van der Waals surface area contributed by atoms with Crippen LogP contribution in [0.2, 0.25) is 0 Å². The standard InChI is InChI=1S/C26H50O5/c1-2-3-4-5-6-7-8-9-10-11-12-13-14-15-16-17-18-19-20-30-22-24-26(29)25(28)23(27)21-31-24/h2-3,23-29H,4-22H2,1H3/b3-2+/t23-,24+,25+,26+/m1/s1. The molecule has 5 heteroatoms. The summed E-state index contributed by atoms with van der Waals surface area (Å²) in [5.74, 6) is 0. The lowest BCUT2D eigenvalue weighted by molar-refractivity contribution is -0.199. The molecule has 1 fully saturated rings. The van der Waals surface area contributed by atoms with Crippen LogP contribution in [0.5, 0.6) is 0 Å². The van der Waals surface area contributed by atoms with Crippen molar-refractivity contribution < 1.29 is 24.8 Å². The van der Waals surface area contributed by atoms with Crippen LogP contribution in [0.1, 0.15) is 110 Å². The van der Waals surface area contributed by atoms with Crippen molar-refractivity contribution in [2.24, 2.45) is 0 Å². The number of aliphatic hydroxyl groups excluding tert-OH is 3. The Morgan fingerprint density at radius 3 is 1.71 bits per heavy atom. The predicted molar refractivity (Wildman–Crippen MR) is 127 cm³/mol. The second kappa shape index (κ2) is 20.2. The number of hydrogen-bond acceptors (Lipinski definition) is 5. The minimum Gasteiger partial charge on any atom is -0.388 e. The van der Waals surface area contributed by atoms with Crippen LogP contribution in [0.3, 0.4) is 0 Å². The third-order valence-corrected chi connectivity index (χ3v) is 6.28. The summed E-state index contributed by atoms with van der Waals surface area (Å²) in [6.07, 6.45) is 21.9. The first kappa shape index (κ1) is 28.6. The van der Waals surface area contributed by atoms with E-state index >= 15 is 0 Å². The molecule has 0 aromatic rings. The molecule has 1 aliphatic heterocycles. The highest BCUT2D eigenvalue weighted by atomic mass is 16.6. The fourth-order valence-corrected chi connectivity index (χ4v) is 4.14. The van der Waals surface area contributed by atoms with Crippen molar-refractivity contribution in [3.8, 4) is 0 Å².